The number of para-hydroxylation sites is 2. The summed E-state index contributed by atoms with van der Waals surface area (Å²) in [4.78, 5) is 48.5. The summed E-state index contributed by atoms with van der Waals surface area (Å²) >= 11 is 0. The third-order valence-electron chi connectivity index (χ3n) is 7.41. The van der Waals surface area contributed by atoms with Crippen molar-refractivity contribution in [3.05, 3.63) is 113 Å². The third-order valence-corrected chi connectivity index (χ3v) is 7.41. The summed E-state index contributed by atoms with van der Waals surface area (Å²) in [7, 11) is 0. The minimum atomic E-state index is -0.947. The summed E-state index contributed by atoms with van der Waals surface area (Å²) < 4.78 is 6.97. The van der Waals surface area contributed by atoms with Gasteiger partial charge in [-0.1, -0.05) is 80.9 Å². The molecular formula is C32H32N4O4. The van der Waals surface area contributed by atoms with E-state index in [0.717, 1.165) is 22.0 Å². The van der Waals surface area contributed by atoms with Gasteiger partial charge in [-0.2, -0.15) is 0 Å². The number of ether oxygens (including phenoxy) is 1. The molecule has 0 radical (unpaired) electrons. The summed E-state index contributed by atoms with van der Waals surface area (Å²) in [5.41, 5.74) is 2.90. The molecule has 0 fully saturated rings. The van der Waals surface area contributed by atoms with Crippen LogP contribution in [0.2, 0.25) is 0 Å². The molecule has 40 heavy (non-hydrogen) atoms. The molecule has 2 N–H and O–H groups in total. The fraction of sp³-hybridized carbons (Fsp3) is 0.250. The van der Waals surface area contributed by atoms with E-state index >= 15 is 0 Å². The molecule has 204 valence electrons. The molecule has 3 atom stereocenters. The summed E-state index contributed by atoms with van der Waals surface area (Å²) in [5.74, 6) is -1.15. The first-order valence-electron chi connectivity index (χ1n) is 13.5. The summed E-state index contributed by atoms with van der Waals surface area (Å²) in [5, 5.41) is 4.31. The van der Waals surface area contributed by atoms with Crippen LogP contribution in [0, 0.1) is 5.92 Å². The molecule has 1 amide bonds. The lowest BCUT2D eigenvalue weighted by Crippen LogP contribution is -2.49. The fourth-order valence-electron chi connectivity index (χ4n) is 4.87. The molecule has 2 heterocycles. The second-order valence-electron chi connectivity index (χ2n) is 10.0. The zero-order valence-electron chi connectivity index (χ0n) is 22.5. The SMILES string of the molecule is CC[C@H](C)[C@@H](NC(=O)[C@H](Cc1c[nH]c2ccccc12)n1cnc2ccccc2c1=O)C(=O)OCc1ccccc1. The highest BCUT2D eigenvalue weighted by atomic mass is 16.5. The van der Waals surface area contributed by atoms with Gasteiger partial charge in [0.15, 0.2) is 0 Å². The van der Waals surface area contributed by atoms with Gasteiger partial charge in [0.2, 0.25) is 5.91 Å². The van der Waals surface area contributed by atoms with Crippen LogP contribution in [0.1, 0.15) is 37.4 Å². The lowest BCUT2D eigenvalue weighted by Gasteiger charge is -2.26. The molecule has 8 heteroatoms. The molecule has 0 saturated heterocycles. The average molecular weight is 537 g/mol. The number of amides is 1. The maximum atomic E-state index is 14.0. The van der Waals surface area contributed by atoms with Crippen molar-refractivity contribution in [2.45, 2.75) is 45.4 Å². The van der Waals surface area contributed by atoms with Crippen LogP contribution in [0.4, 0.5) is 0 Å². The van der Waals surface area contributed by atoms with E-state index in [0.29, 0.717) is 17.3 Å². The number of rotatable bonds is 10. The number of esters is 1. The Bertz CT molecular complexity index is 1690. The van der Waals surface area contributed by atoms with Crippen molar-refractivity contribution < 1.29 is 14.3 Å². The van der Waals surface area contributed by atoms with Gasteiger partial charge in [-0.05, 0) is 35.2 Å². The molecule has 0 bridgehead atoms. The van der Waals surface area contributed by atoms with Gasteiger partial charge < -0.3 is 15.0 Å². The van der Waals surface area contributed by atoms with Crippen LogP contribution < -0.4 is 10.9 Å². The van der Waals surface area contributed by atoms with Gasteiger partial charge in [0, 0.05) is 23.5 Å². The van der Waals surface area contributed by atoms with E-state index in [9.17, 15) is 14.4 Å². The number of nitrogens with one attached hydrogen (secondary N) is 2. The largest absolute Gasteiger partial charge is 0.459 e. The van der Waals surface area contributed by atoms with Crippen LogP contribution in [-0.2, 0) is 27.4 Å². The normalized spacial score (nSPS) is 13.6. The van der Waals surface area contributed by atoms with Gasteiger partial charge in [0.05, 0.1) is 17.2 Å². The van der Waals surface area contributed by atoms with Crippen LogP contribution in [0.3, 0.4) is 0 Å². The van der Waals surface area contributed by atoms with Crippen molar-refractivity contribution in [3.8, 4) is 0 Å². The molecule has 0 unspecified atom stereocenters. The van der Waals surface area contributed by atoms with Crippen molar-refractivity contribution in [2.75, 3.05) is 0 Å². The van der Waals surface area contributed by atoms with E-state index in [4.69, 9.17) is 4.74 Å². The van der Waals surface area contributed by atoms with E-state index < -0.39 is 24.0 Å². The van der Waals surface area contributed by atoms with Gasteiger partial charge in [-0.25, -0.2) is 9.78 Å². The molecule has 2 aromatic heterocycles. The zero-order valence-corrected chi connectivity index (χ0v) is 22.5. The van der Waals surface area contributed by atoms with Gasteiger partial charge >= 0.3 is 5.97 Å². The lowest BCUT2D eigenvalue weighted by molar-refractivity contribution is -0.151. The van der Waals surface area contributed by atoms with E-state index in [-0.39, 0.29) is 24.5 Å². The number of carbonyl (C=O) groups is 2. The van der Waals surface area contributed by atoms with Gasteiger partial charge in [-0.15, -0.1) is 0 Å². The number of aromatic nitrogens is 3. The predicted octanol–water partition coefficient (Wildman–Crippen LogP) is 4.94. The molecule has 5 rings (SSSR count). The Hall–Kier alpha value is -4.72. The second-order valence-corrected chi connectivity index (χ2v) is 10.0. The Balaban J connectivity index is 1.47. The molecular weight excluding hydrogens is 504 g/mol. The molecule has 0 saturated carbocycles. The van der Waals surface area contributed by atoms with Crippen molar-refractivity contribution >= 4 is 33.7 Å². The van der Waals surface area contributed by atoms with Crippen LogP contribution >= 0.6 is 0 Å². The average Bonchev–Trinajstić information content (AvgIpc) is 3.41. The fourth-order valence-corrected chi connectivity index (χ4v) is 4.87. The van der Waals surface area contributed by atoms with E-state index in [1.54, 1.807) is 18.2 Å². The van der Waals surface area contributed by atoms with E-state index in [1.807, 2.05) is 80.7 Å². The number of carbonyl (C=O) groups excluding carboxylic acids is 2. The Labute approximate surface area is 232 Å². The molecule has 8 nitrogen and oxygen atoms in total. The highest BCUT2D eigenvalue weighted by molar-refractivity contribution is 5.89. The number of nitrogens with zero attached hydrogens (tertiary/aromatic N) is 2. The lowest BCUT2D eigenvalue weighted by atomic mass is 9.97. The summed E-state index contributed by atoms with van der Waals surface area (Å²) in [6.45, 7) is 3.96. The molecule has 0 spiro atoms. The minimum Gasteiger partial charge on any atom is -0.459 e. The molecule has 0 aliphatic heterocycles. The monoisotopic (exact) mass is 536 g/mol. The third kappa shape index (κ3) is 5.66. The maximum absolute atomic E-state index is 14.0. The Morgan fingerprint density at radius 2 is 1.68 bits per heavy atom. The minimum absolute atomic E-state index is 0.106. The first kappa shape index (κ1) is 26.9. The Morgan fingerprint density at radius 1 is 0.975 bits per heavy atom. The number of aromatic amines is 1. The molecule has 0 aliphatic carbocycles. The number of hydrogen-bond donors (Lipinski definition) is 2. The van der Waals surface area contributed by atoms with Crippen LogP contribution in [-0.4, -0.2) is 32.5 Å². The Morgan fingerprint density at radius 3 is 2.45 bits per heavy atom. The standard InChI is InChI=1S/C32H32N4O4/c1-3-21(2)29(32(39)40-19-22-11-5-4-6-12-22)35-30(37)28(17-23-18-33-26-15-9-7-13-24(23)26)36-20-34-27-16-10-8-14-25(27)31(36)38/h4-16,18,20-21,28-29,33H,3,17,19H2,1-2H3,(H,35,37)/t21-,28-,29+/m0/s1. The molecule has 0 aliphatic rings. The van der Waals surface area contributed by atoms with Crippen LogP contribution in [0.15, 0.2) is 96.2 Å². The number of H-pyrrole nitrogens is 1. The summed E-state index contributed by atoms with van der Waals surface area (Å²) in [6.07, 6.45) is 4.14. The smallest absolute Gasteiger partial charge is 0.329 e. The number of fused-ring (bicyclic) bond motifs is 2. The van der Waals surface area contributed by atoms with Crippen LogP contribution in [0.25, 0.3) is 21.8 Å². The zero-order chi connectivity index (χ0) is 28.1. The second kappa shape index (κ2) is 12.0. The van der Waals surface area contributed by atoms with Gasteiger partial charge in [0.25, 0.3) is 5.56 Å². The van der Waals surface area contributed by atoms with Gasteiger partial charge in [-0.3, -0.25) is 14.2 Å². The van der Waals surface area contributed by atoms with Crippen molar-refractivity contribution in [1.82, 2.24) is 19.9 Å². The van der Waals surface area contributed by atoms with E-state index in [1.165, 1.54) is 10.9 Å². The van der Waals surface area contributed by atoms with Gasteiger partial charge in [0.1, 0.15) is 18.7 Å². The first-order chi connectivity index (χ1) is 19.5. The first-order valence-corrected chi connectivity index (χ1v) is 13.5. The molecule has 5 aromatic rings. The van der Waals surface area contributed by atoms with E-state index in [2.05, 4.69) is 15.3 Å². The predicted molar refractivity (Wildman–Crippen MR) is 155 cm³/mol. The molecule has 3 aromatic carbocycles. The summed E-state index contributed by atoms with van der Waals surface area (Å²) in [6, 6.07) is 22.4. The van der Waals surface area contributed by atoms with Crippen molar-refractivity contribution in [2.24, 2.45) is 5.92 Å². The van der Waals surface area contributed by atoms with Crippen molar-refractivity contribution in [3.63, 3.8) is 0 Å². The highest BCUT2D eigenvalue weighted by Crippen LogP contribution is 2.24. The number of hydrogen-bond acceptors (Lipinski definition) is 5. The van der Waals surface area contributed by atoms with Crippen molar-refractivity contribution in [1.29, 1.82) is 0 Å². The highest BCUT2D eigenvalue weighted by Gasteiger charge is 2.32. The maximum Gasteiger partial charge on any atom is 0.329 e. The van der Waals surface area contributed by atoms with Crippen LogP contribution in [0.5, 0.6) is 0 Å². The quantitative estimate of drug-likeness (QED) is 0.246. The topological polar surface area (TPSA) is 106 Å². The Kier molecular flexibility index (Phi) is 8.05. The number of benzene rings is 3.